The molecule has 3 N–H and O–H groups in total. The Morgan fingerprint density at radius 3 is 2.57 bits per heavy atom. The van der Waals surface area contributed by atoms with Gasteiger partial charge in [-0.3, -0.25) is 9.69 Å². The Kier molecular flexibility index (Phi) is 8.39. The van der Waals surface area contributed by atoms with Crippen LogP contribution in [0.25, 0.3) is 11.4 Å². The highest BCUT2D eigenvalue weighted by Gasteiger charge is 2.33. The van der Waals surface area contributed by atoms with Crippen LogP contribution in [-0.4, -0.2) is 78.4 Å². The lowest BCUT2D eigenvalue weighted by Gasteiger charge is -2.35. The van der Waals surface area contributed by atoms with Crippen LogP contribution in [0.3, 0.4) is 0 Å². The van der Waals surface area contributed by atoms with Gasteiger partial charge >= 0.3 is 12.1 Å². The summed E-state index contributed by atoms with van der Waals surface area (Å²) in [5.41, 5.74) is 3.13. The predicted molar refractivity (Wildman–Crippen MR) is 137 cm³/mol. The molecule has 37 heavy (non-hydrogen) atoms. The number of rotatable bonds is 7. The molecule has 0 saturated carbocycles. The topological polar surface area (TPSA) is 138 Å². The van der Waals surface area contributed by atoms with Crippen LogP contribution in [0.4, 0.5) is 21.1 Å². The number of hydrogen-bond acceptors (Lipinski definition) is 8. The number of nitrogens with one attached hydrogen (secondary N) is 3. The van der Waals surface area contributed by atoms with Gasteiger partial charge in [-0.05, 0) is 38.1 Å². The minimum Gasteiger partial charge on any atom is -0.450 e. The van der Waals surface area contributed by atoms with Crippen LogP contribution < -0.4 is 20.9 Å². The molecule has 12 nitrogen and oxygen atoms in total. The first-order chi connectivity index (χ1) is 17.9. The average Bonchev–Trinajstić information content (AvgIpc) is 3.32. The summed E-state index contributed by atoms with van der Waals surface area (Å²) in [7, 11) is 0. The number of ether oxygens (including phenoxy) is 2. The van der Waals surface area contributed by atoms with Crippen LogP contribution in [-0.2, 0) is 27.4 Å². The van der Waals surface area contributed by atoms with E-state index >= 15 is 0 Å². The van der Waals surface area contributed by atoms with Crippen molar-refractivity contribution in [1.29, 1.82) is 0 Å². The standard InChI is InChI=1S/C25H33N7O5/c1-4-37-25(35)31-13-20-21(14-31)29-22(30-23(20)32-11-12-36-15-16(32)2)18-5-7-19(8-6-18)28-24(34)27-10-9-26-17(3)33/h5-8,16H,4,9-15H2,1-3H3,(H,26,33)(H2,27,28,34)/t16-/m0/s1. The molecule has 1 aromatic heterocycles. The number of fused-ring (bicyclic) bond motifs is 1. The van der Waals surface area contributed by atoms with Crippen molar-refractivity contribution in [3.05, 3.63) is 35.5 Å². The van der Waals surface area contributed by atoms with Crippen molar-refractivity contribution in [1.82, 2.24) is 25.5 Å². The van der Waals surface area contributed by atoms with Crippen LogP contribution in [0, 0.1) is 0 Å². The molecule has 0 aliphatic carbocycles. The summed E-state index contributed by atoms with van der Waals surface area (Å²) in [5.74, 6) is 1.21. The summed E-state index contributed by atoms with van der Waals surface area (Å²) in [6.07, 6.45) is -0.367. The Hall–Kier alpha value is -3.93. The maximum Gasteiger partial charge on any atom is 0.410 e. The van der Waals surface area contributed by atoms with Crippen molar-refractivity contribution < 1.29 is 23.9 Å². The van der Waals surface area contributed by atoms with Gasteiger partial charge in [0, 0.05) is 43.4 Å². The van der Waals surface area contributed by atoms with Crippen molar-refractivity contribution in [3.63, 3.8) is 0 Å². The molecule has 0 bridgehead atoms. The second kappa shape index (κ2) is 11.9. The largest absolute Gasteiger partial charge is 0.450 e. The van der Waals surface area contributed by atoms with E-state index in [1.165, 1.54) is 6.92 Å². The molecule has 0 spiro atoms. The number of anilines is 2. The summed E-state index contributed by atoms with van der Waals surface area (Å²) in [6, 6.07) is 7.02. The van der Waals surface area contributed by atoms with Gasteiger partial charge in [-0.1, -0.05) is 0 Å². The molecule has 2 aromatic rings. The SMILES string of the molecule is CCOC(=O)N1Cc2nc(-c3ccc(NC(=O)NCCNC(C)=O)cc3)nc(N3CCOC[C@@H]3C)c2C1. The van der Waals surface area contributed by atoms with E-state index in [-0.39, 0.29) is 24.1 Å². The van der Waals surface area contributed by atoms with E-state index < -0.39 is 0 Å². The van der Waals surface area contributed by atoms with Crippen LogP contribution in [0.1, 0.15) is 32.0 Å². The monoisotopic (exact) mass is 511 g/mol. The molecular weight excluding hydrogens is 478 g/mol. The Balaban J connectivity index is 1.53. The normalized spacial score (nSPS) is 16.7. The minimum absolute atomic E-state index is 0.132. The minimum atomic E-state index is -0.367. The summed E-state index contributed by atoms with van der Waals surface area (Å²) in [6.45, 7) is 8.94. The van der Waals surface area contributed by atoms with E-state index in [0.29, 0.717) is 64.1 Å². The van der Waals surface area contributed by atoms with E-state index in [9.17, 15) is 14.4 Å². The number of amides is 4. The summed E-state index contributed by atoms with van der Waals surface area (Å²) < 4.78 is 10.8. The molecule has 4 rings (SSSR count). The van der Waals surface area contributed by atoms with E-state index in [1.54, 1.807) is 24.0 Å². The van der Waals surface area contributed by atoms with E-state index in [2.05, 4.69) is 27.8 Å². The van der Waals surface area contributed by atoms with E-state index in [0.717, 1.165) is 22.6 Å². The van der Waals surface area contributed by atoms with Gasteiger partial charge in [0.25, 0.3) is 0 Å². The van der Waals surface area contributed by atoms with Gasteiger partial charge in [0.05, 0.1) is 44.6 Å². The number of carbonyl (C=O) groups is 3. The maximum absolute atomic E-state index is 12.4. The molecule has 1 atom stereocenters. The lowest BCUT2D eigenvalue weighted by molar-refractivity contribution is -0.118. The molecule has 2 aliphatic rings. The molecule has 1 aromatic carbocycles. The molecule has 1 fully saturated rings. The van der Waals surface area contributed by atoms with E-state index in [4.69, 9.17) is 19.4 Å². The lowest BCUT2D eigenvalue weighted by atomic mass is 10.1. The maximum atomic E-state index is 12.4. The molecule has 198 valence electrons. The first-order valence-electron chi connectivity index (χ1n) is 12.4. The zero-order chi connectivity index (χ0) is 26.4. The zero-order valence-electron chi connectivity index (χ0n) is 21.4. The number of aromatic nitrogens is 2. The van der Waals surface area contributed by atoms with Crippen LogP contribution in [0.15, 0.2) is 24.3 Å². The number of morpholine rings is 1. The Morgan fingerprint density at radius 2 is 1.86 bits per heavy atom. The fraction of sp³-hybridized carbons (Fsp3) is 0.480. The number of hydrogen-bond donors (Lipinski definition) is 3. The van der Waals surface area contributed by atoms with E-state index in [1.807, 2.05) is 12.1 Å². The second-order valence-electron chi connectivity index (χ2n) is 8.91. The Bertz CT molecular complexity index is 1140. The van der Waals surface area contributed by atoms with Crippen LogP contribution in [0.2, 0.25) is 0 Å². The molecule has 2 aliphatic heterocycles. The summed E-state index contributed by atoms with van der Waals surface area (Å²) in [5, 5.41) is 8.07. The van der Waals surface area contributed by atoms with Gasteiger partial charge in [-0.25, -0.2) is 19.6 Å². The number of benzene rings is 1. The fourth-order valence-corrected chi connectivity index (χ4v) is 4.28. The molecule has 12 heteroatoms. The highest BCUT2D eigenvalue weighted by atomic mass is 16.6. The lowest BCUT2D eigenvalue weighted by Crippen LogP contribution is -2.44. The number of carbonyl (C=O) groups excluding carboxylic acids is 3. The van der Waals surface area contributed by atoms with Crippen molar-refractivity contribution in [2.45, 2.75) is 39.9 Å². The summed E-state index contributed by atoms with van der Waals surface area (Å²) in [4.78, 5) is 49.0. The predicted octanol–water partition coefficient (Wildman–Crippen LogP) is 2.10. The third kappa shape index (κ3) is 6.45. The second-order valence-corrected chi connectivity index (χ2v) is 8.91. The third-order valence-corrected chi connectivity index (χ3v) is 6.11. The molecular formula is C25H33N7O5. The Labute approximate surface area is 215 Å². The molecule has 0 unspecified atom stereocenters. The van der Waals surface area contributed by atoms with Gasteiger partial charge in [0.2, 0.25) is 5.91 Å². The van der Waals surface area contributed by atoms with Crippen LogP contribution >= 0.6 is 0 Å². The van der Waals surface area contributed by atoms with Crippen molar-refractivity contribution >= 4 is 29.5 Å². The highest BCUT2D eigenvalue weighted by molar-refractivity contribution is 5.89. The number of urea groups is 1. The Morgan fingerprint density at radius 1 is 1.11 bits per heavy atom. The van der Waals surface area contributed by atoms with Crippen molar-refractivity contribution in [3.8, 4) is 11.4 Å². The highest BCUT2D eigenvalue weighted by Crippen LogP contribution is 2.33. The molecule has 3 heterocycles. The smallest absolute Gasteiger partial charge is 0.410 e. The number of nitrogens with zero attached hydrogens (tertiary/aromatic N) is 4. The van der Waals surface area contributed by atoms with Crippen molar-refractivity contribution in [2.24, 2.45) is 0 Å². The van der Waals surface area contributed by atoms with Gasteiger partial charge in [-0.2, -0.15) is 0 Å². The summed E-state index contributed by atoms with van der Waals surface area (Å²) >= 11 is 0. The van der Waals surface area contributed by atoms with Gasteiger partial charge in [0.15, 0.2) is 5.82 Å². The van der Waals surface area contributed by atoms with Gasteiger partial charge < -0.3 is 30.3 Å². The first-order valence-corrected chi connectivity index (χ1v) is 12.4. The van der Waals surface area contributed by atoms with Crippen molar-refractivity contribution in [2.75, 3.05) is 49.7 Å². The molecule has 0 radical (unpaired) electrons. The zero-order valence-corrected chi connectivity index (χ0v) is 21.4. The quantitative estimate of drug-likeness (QED) is 0.481. The van der Waals surface area contributed by atoms with Gasteiger partial charge in [0.1, 0.15) is 5.82 Å². The van der Waals surface area contributed by atoms with Crippen LogP contribution in [0.5, 0.6) is 0 Å². The first kappa shape index (κ1) is 26.1. The molecule has 4 amide bonds. The average molecular weight is 512 g/mol. The molecule has 1 saturated heterocycles. The fourth-order valence-electron chi connectivity index (χ4n) is 4.28. The third-order valence-electron chi connectivity index (χ3n) is 6.11. The van der Waals surface area contributed by atoms with Gasteiger partial charge in [-0.15, -0.1) is 0 Å².